The smallest absolute Gasteiger partial charge is 0.272 e. The number of hydrogen-bond donors (Lipinski definition) is 1. The van der Waals surface area contributed by atoms with Crippen LogP contribution < -0.4 is 19.5 Å². The number of carbonyl (C=O) groups is 1. The monoisotopic (exact) mass is 423 g/mol. The molecule has 0 aliphatic rings. The average molecular weight is 423 g/mol. The number of likely N-dealkylation sites (N-methyl/N-ethyl adjacent to an activating group) is 1. The van der Waals surface area contributed by atoms with Crippen LogP contribution in [0.25, 0.3) is 0 Å². The van der Waals surface area contributed by atoms with Crippen LogP contribution in [0, 0.1) is 0 Å². The number of benzene rings is 1. The first-order chi connectivity index (χ1) is 14.3. The van der Waals surface area contributed by atoms with Crippen LogP contribution in [-0.2, 0) is 11.3 Å². The zero-order chi connectivity index (χ0) is 22.1. The molecule has 0 fully saturated rings. The lowest BCUT2D eigenvalue weighted by Crippen LogP contribution is -2.35. The fourth-order valence-electron chi connectivity index (χ4n) is 2.57. The van der Waals surface area contributed by atoms with Gasteiger partial charge in [0.15, 0.2) is 24.2 Å². The van der Waals surface area contributed by atoms with Crippen molar-refractivity contribution in [3.8, 4) is 17.4 Å². The molecule has 1 amide bonds. The van der Waals surface area contributed by atoms with Gasteiger partial charge in [-0.15, -0.1) is 0 Å². The van der Waals surface area contributed by atoms with Crippen LogP contribution in [0.2, 0.25) is 0 Å². The molecule has 0 saturated carbocycles. The van der Waals surface area contributed by atoms with Crippen molar-refractivity contribution in [1.29, 1.82) is 0 Å². The van der Waals surface area contributed by atoms with Gasteiger partial charge in [-0.1, -0.05) is 12.1 Å². The summed E-state index contributed by atoms with van der Waals surface area (Å²) in [6, 6.07) is 10.3. The highest BCUT2D eigenvalue weighted by Crippen LogP contribution is 2.30. The number of ether oxygens (including phenoxy) is 3. The molecule has 0 aliphatic heterocycles. The van der Waals surface area contributed by atoms with E-state index in [2.05, 4.69) is 10.3 Å². The SMILES string of the molecule is CCOc1cc(CNc2cccc(OCC(F)F)n2)ccc1O[C@@H](C)C(=O)N(C)C. The predicted octanol–water partition coefficient (Wildman–Crippen LogP) is 3.59. The minimum absolute atomic E-state index is 0.124. The van der Waals surface area contributed by atoms with Crippen LogP contribution in [0.5, 0.6) is 17.4 Å². The molecular formula is C21H27F2N3O4. The molecule has 1 aromatic carbocycles. The summed E-state index contributed by atoms with van der Waals surface area (Å²) >= 11 is 0. The maximum Gasteiger partial charge on any atom is 0.272 e. The minimum Gasteiger partial charge on any atom is -0.490 e. The van der Waals surface area contributed by atoms with E-state index >= 15 is 0 Å². The molecule has 9 heteroatoms. The Kier molecular flexibility index (Phi) is 8.64. The molecule has 0 saturated heterocycles. The normalized spacial score (nSPS) is 11.7. The quantitative estimate of drug-likeness (QED) is 0.596. The summed E-state index contributed by atoms with van der Waals surface area (Å²) in [5, 5.41) is 3.12. The van der Waals surface area contributed by atoms with Crippen molar-refractivity contribution in [2.75, 3.05) is 32.6 Å². The largest absolute Gasteiger partial charge is 0.490 e. The van der Waals surface area contributed by atoms with E-state index in [1.807, 2.05) is 19.1 Å². The topological polar surface area (TPSA) is 72.9 Å². The van der Waals surface area contributed by atoms with Crippen molar-refractivity contribution in [2.45, 2.75) is 32.9 Å². The van der Waals surface area contributed by atoms with Crippen molar-refractivity contribution in [1.82, 2.24) is 9.88 Å². The number of pyridine rings is 1. The van der Waals surface area contributed by atoms with E-state index < -0.39 is 19.1 Å². The Morgan fingerprint density at radius 1 is 1.17 bits per heavy atom. The van der Waals surface area contributed by atoms with E-state index in [1.165, 1.54) is 11.0 Å². The van der Waals surface area contributed by atoms with Gasteiger partial charge in [0, 0.05) is 26.7 Å². The second-order valence-corrected chi connectivity index (χ2v) is 6.62. The Labute approximate surface area is 175 Å². The Balaban J connectivity index is 2.05. The van der Waals surface area contributed by atoms with Gasteiger partial charge in [-0.05, 0) is 37.6 Å². The lowest BCUT2D eigenvalue weighted by Gasteiger charge is -2.20. The molecule has 0 aliphatic carbocycles. The third kappa shape index (κ3) is 7.06. The van der Waals surface area contributed by atoms with E-state index in [0.717, 1.165) is 5.56 Å². The number of halogens is 2. The fraction of sp³-hybridized carbons (Fsp3) is 0.429. The zero-order valence-electron chi connectivity index (χ0n) is 17.5. The summed E-state index contributed by atoms with van der Waals surface area (Å²) in [5.74, 6) is 1.47. The second-order valence-electron chi connectivity index (χ2n) is 6.62. The van der Waals surface area contributed by atoms with Gasteiger partial charge in [0.05, 0.1) is 6.61 Å². The Morgan fingerprint density at radius 2 is 1.93 bits per heavy atom. The highest BCUT2D eigenvalue weighted by molar-refractivity contribution is 5.80. The molecule has 7 nitrogen and oxygen atoms in total. The molecule has 0 spiro atoms. The summed E-state index contributed by atoms with van der Waals surface area (Å²) in [7, 11) is 3.34. The Hall–Kier alpha value is -3.10. The number of rotatable bonds is 11. The van der Waals surface area contributed by atoms with E-state index in [1.54, 1.807) is 39.2 Å². The molecular weight excluding hydrogens is 396 g/mol. The van der Waals surface area contributed by atoms with Gasteiger partial charge in [-0.2, -0.15) is 4.98 Å². The first-order valence-electron chi connectivity index (χ1n) is 9.55. The zero-order valence-corrected chi connectivity index (χ0v) is 17.5. The van der Waals surface area contributed by atoms with Crippen molar-refractivity contribution in [3.63, 3.8) is 0 Å². The van der Waals surface area contributed by atoms with Crippen molar-refractivity contribution in [3.05, 3.63) is 42.0 Å². The second kappa shape index (κ2) is 11.2. The molecule has 0 unspecified atom stereocenters. The molecule has 164 valence electrons. The number of nitrogens with zero attached hydrogens (tertiary/aromatic N) is 2. The van der Waals surface area contributed by atoms with Gasteiger partial charge >= 0.3 is 0 Å². The van der Waals surface area contributed by atoms with Crippen molar-refractivity contribution >= 4 is 11.7 Å². The summed E-state index contributed by atoms with van der Waals surface area (Å²) < 4.78 is 40.9. The molecule has 0 bridgehead atoms. The maximum atomic E-state index is 12.3. The summed E-state index contributed by atoms with van der Waals surface area (Å²) in [6.07, 6.45) is -3.21. The number of hydrogen-bond acceptors (Lipinski definition) is 6. The molecule has 1 atom stereocenters. The maximum absolute atomic E-state index is 12.3. The number of anilines is 1. The van der Waals surface area contributed by atoms with Gasteiger partial charge in [0.2, 0.25) is 5.88 Å². The van der Waals surface area contributed by atoms with Crippen LogP contribution in [-0.4, -0.2) is 55.6 Å². The first kappa shape index (κ1) is 23.2. The molecule has 1 aromatic heterocycles. The van der Waals surface area contributed by atoms with Crippen LogP contribution in [0.1, 0.15) is 19.4 Å². The third-order valence-corrected chi connectivity index (χ3v) is 3.95. The van der Waals surface area contributed by atoms with Gasteiger partial charge in [-0.25, -0.2) is 8.78 Å². The Bertz CT molecular complexity index is 834. The number of aromatic nitrogens is 1. The highest BCUT2D eigenvalue weighted by atomic mass is 19.3. The lowest BCUT2D eigenvalue weighted by atomic mass is 10.2. The van der Waals surface area contributed by atoms with Gasteiger partial charge in [-0.3, -0.25) is 4.79 Å². The highest BCUT2D eigenvalue weighted by Gasteiger charge is 2.18. The number of carbonyl (C=O) groups excluding carboxylic acids is 1. The number of nitrogens with one attached hydrogen (secondary N) is 1. The third-order valence-electron chi connectivity index (χ3n) is 3.95. The average Bonchev–Trinajstić information content (AvgIpc) is 2.72. The van der Waals surface area contributed by atoms with Gasteiger partial charge in [0.1, 0.15) is 5.82 Å². The van der Waals surface area contributed by atoms with Gasteiger partial charge in [0.25, 0.3) is 12.3 Å². The lowest BCUT2D eigenvalue weighted by molar-refractivity contribution is -0.135. The molecule has 2 aromatic rings. The molecule has 2 rings (SSSR count). The summed E-state index contributed by atoms with van der Waals surface area (Å²) in [4.78, 5) is 17.7. The summed E-state index contributed by atoms with van der Waals surface area (Å²) in [6.45, 7) is 3.69. The van der Waals surface area contributed by atoms with Crippen LogP contribution in [0.3, 0.4) is 0 Å². The number of amides is 1. The number of alkyl halides is 2. The molecule has 1 heterocycles. The van der Waals surface area contributed by atoms with Crippen molar-refractivity contribution < 1.29 is 27.8 Å². The van der Waals surface area contributed by atoms with Gasteiger partial charge < -0.3 is 24.4 Å². The predicted molar refractivity (Wildman–Crippen MR) is 109 cm³/mol. The Morgan fingerprint density at radius 3 is 2.60 bits per heavy atom. The molecule has 1 N–H and O–H groups in total. The standard InChI is InChI=1S/C21H27F2N3O4/c1-5-28-17-11-15(9-10-16(17)30-14(2)21(27)26(3)4)12-24-19-7-6-8-20(25-19)29-13-18(22)23/h6-11,14,18H,5,12-13H2,1-4H3,(H,24,25)/t14-/m0/s1. The minimum atomic E-state index is -2.56. The summed E-state index contributed by atoms with van der Waals surface area (Å²) in [5.41, 5.74) is 0.887. The van der Waals surface area contributed by atoms with E-state index in [9.17, 15) is 13.6 Å². The molecule has 30 heavy (non-hydrogen) atoms. The van der Waals surface area contributed by atoms with Crippen molar-refractivity contribution in [2.24, 2.45) is 0 Å². The van der Waals surface area contributed by atoms with Crippen LogP contribution >= 0.6 is 0 Å². The first-order valence-corrected chi connectivity index (χ1v) is 9.55. The fourth-order valence-corrected chi connectivity index (χ4v) is 2.57. The van der Waals surface area contributed by atoms with Crippen LogP contribution in [0.15, 0.2) is 36.4 Å². The molecule has 0 radical (unpaired) electrons. The van der Waals surface area contributed by atoms with Crippen LogP contribution in [0.4, 0.5) is 14.6 Å². The van der Waals surface area contributed by atoms with E-state index in [0.29, 0.717) is 30.5 Å². The van der Waals surface area contributed by atoms with E-state index in [-0.39, 0.29) is 11.8 Å². The van der Waals surface area contributed by atoms with E-state index in [4.69, 9.17) is 14.2 Å².